The molecular formula is C11H9Cl2F3N2O3. The number of anilines is 1. The second-order valence-electron chi connectivity index (χ2n) is 4.11. The second kappa shape index (κ2) is 5.98. The van der Waals surface area contributed by atoms with E-state index in [1.807, 2.05) is 5.32 Å². The van der Waals surface area contributed by atoms with Crippen molar-refractivity contribution in [1.82, 2.24) is 5.32 Å². The van der Waals surface area contributed by atoms with Crippen LogP contribution in [0.1, 0.15) is 6.92 Å². The summed E-state index contributed by atoms with van der Waals surface area (Å²) in [5.41, 5.74) is -3.50. The van der Waals surface area contributed by atoms with E-state index < -0.39 is 23.7 Å². The Labute approximate surface area is 127 Å². The van der Waals surface area contributed by atoms with Crippen molar-refractivity contribution in [3.63, 3.8) is 0 Å². The number of amides is 2. The normalized spacial score (nSPS) is 14.2. The fraction of sp³-hybridized carbons (Fsp3) is 0.273. The van der Waals surface area contributed by atoms with Gasteiger partial charge < -0.3 is 15.7 Å². The summed E-state index contributed by atoms with van der Waals surface area (Å²) < 4.78 is 38.2. The predicted octanol–water partition coefficient (Wildman–Crippen LogP) is 3.52. The minimum Gasteiger partial charge on any atom is -0.479 e. The van der Waals surface area contributed by atoms with Gasteiger partial charge in [0.05, 0.1) is 15.7 Å². The average Bonchev–Trinajstić information content (AvgIpc) is 2.33. The SMILES string of the molecule is CC(NC(=O)Nc1cccc(Cl)c1Cl)(C(=O)O)C(F)(F)F. The average molecular weight is 345 g/mol. The number of halogens is 5. The van der Waals surface area contributed by atoms with Crippen LogP contribution in [0.15, 0.2) is 18.2 Å². The lowest BCUT2D eigenvalue weighted by Gasteiger charge is -2.28. The molecule has 5 nitrogen and oxygen atoms in total. The number of rotatable bonds is 3. The summed E-state index contributed by atoms with van der Waals surface area (Å²) in [4.78, 5) is 22.3. The molecule has 0 aromatic heterocycles. The van der Waals surface area contributed by atoms with Gasteiger partial charge in [0.15, 0.2) is 0 Å². The van der Waals surface area contributed by atoms with Crippen molar-refractivity contribution >= 4 is 40.9 Å². The fourth-order valence-corrected chi connectivity index (χ4v) is 1.57. The molecule has 0 saturated heterocycles. The van der Waals surface area contributed by atoms with E-state index in [0.29, 0.717) is 6.92 Å². The van der Waals surface area contributed by atoms with E-state index in [1.54, 1.807) is 0 Å². The molecule has 1 aromatic rings. The minimum absolute atomic E-state index is 0.0587. The highest BCUT2D eigenvalue weighted by molar-refractivity contribution is 6.43. The number of carbonyl (C=O) groups excluding carboxylic acids is 1. The first kappa shape index (κ1) is 17.4. The minimum atomic E-state index is -5.19. The van der Waals surface area contributed by atoms with Crippen LogP contribution in [0.4, 0.5) is 23.7 Å². The van der Waals surface area contributed by atoms with Gasteiger partial charge in [0.1, 0.15) is 0 Å². The summed E-state index contributed by atoms with van der Waals surface area (Å²) in [6.07, 6.45) is -5.19. The van der Waals surface area contributed by atoms with Crippen LogP contribution in [-0.4, -0.2) is 28.8 Å². The van der Waals surface area contributed by atoms with E-state index >= 15 is 0 Å². The number of alkyl halides is 3. The lowest BCUT2D eigenvalue weighted by Crippen LogP contribution is -2.62. The molecule has 0 bridgehead atoms. The van der Waals surface area contributed by atoms with Gasteiger partial charge in [-0.2, -0.15) is 13.2 Å². The number of urea groups is 1. The fourth-order valence-electron chi connectivity index (χ4n) is 1.23. The Kier molecular flexibility index (Phi) is 4.95. The predicted molar refractivity (Wildman–Crippen MR) is 70.7 cm³/mol. The van der Waals surface area contributed by atoms with Gasteiger partial charge in [0.25, 0.3) is 0 Å². The highest BCUT2D eigenvalue weighted by Gasteiger charge is 2.58. The first-order valence-electron chi connectivity index (χ1n) is 5.32. The quantitative estimate of drug-likeness (QED) is 0.784. The molecule has 1 aromatic carbocycles. The van der Waals surface area contributed by atoms with E-state index in [0.717, 1.165) is 0 Å². The maximum atomic E-state index is 12.7. The number of hydrogen-bond donors (Lipinski definition) is 3. The molecule has 0 radical (unpaired) electrons. The second-order valence-corrected chi connectivity index (χ2v) is 4.89. The molecule has 21 heavy (non-hydrogen) atoms. The number of carbonyl (C=O) groups is 2. The number of hydrogen-bond acceptors (Lipinski definition) is 2. The van der Waals surface area contributed by atoms with Gasteiger partial charge in [-0.3, -0.25) is 0 Å². The maximum absolute atomic E-state index is 12.7. The molecule has 2 amide bonds. The number of benzene rings is 1. The molecule has 0 heterocycles. The smallest absolute Gasteiger partial charge is 0.422 e. The van der Waals surface area contributed by atoms with Crippen molar-refractivity contribution in [3.8, 4) is 0 Å². The van der Waals surface area contributed by atoms with Gasteiger partial charge in [-0.1, -0.05) is 29.3 Å². The number of nitrogens with one attached hydrogen (secondary N) is 2. The third-order valence-electron chi connectivity index (χ3n) is 2.56. The third kappa shape index (κ3) is 3.70. The van der Waals surface area contributed by atoms with Crippen LogP contribution in [0, 0.1) is 0 Å². The van der Waals surface area contributed by atoms with Crippen molar-refractivity contribution < 1.29 is 27.9 Å². The van der Waals surface area contributed by atoms with E-state index in [9.17, 15) is 22.8 Å². The number of carboxylic acids is 1. The Morgan fingerprint density at radius 3 is 2.29 bits per heavy atom. The first-order chi connectivity index (χ1) is 9.49. The summed E-state index contributed by atoms with van der Waals surface area (Å²) in [5, 5.41) is 12.0. The van der Waals surface area contributed by atoms with E-state index in [2.05, 4.69) is 0 Å². The molecule has 1 atom stereocenters. The molecule has 3 N–H and O–H groups in total. The van der Waals surface area contributed by atoms with Crippen LogP contribution in [0.3, 0.4) is 0 Å². The molecule has 0 saturated carbocycles. The summed E-state index contributed by atoms with van der Waals surface area (Å²) in [6, 6.07) is 2.72. The van der Waals surface area contributed by atoms with Crippen LogP contribution in [-0.2, 0) is 4.79 Å². The maximum Gasteiger partial charge on any atom is 0.422 e. The molecule has 1 unspecified atom stereocenters. The number of carboxylic acid groups (broad SMARTS) is 1. The van der Waals surface area contributed by atoms with Crippen LogP contribution in [0.2, 0.25) is 10.0 Å². The van der Waals surface area contributed by atoms with Gasteiger partial charge in [-0.15, -0.1) is 0 Å². The van der Waals surface area contributed by atoms with Crippen molar-refractivity contribution in [2.75, 3.05) is 5.32 Å². The molecular weight excluding hydrogens is 336 g/mol. The Morgan fingerprint density at radius 2 is 1.81 bits per heavy atom. The van der Waals surface area contributed by atoms with Crippen molar-refractivity contribution in [1.29, 1.82) is 0 Å². The molecule has 0 fully saturated rings. The lowest BCUT2D eigenvalue weighted by atomic mass is 10.0. The zero-order valence-electron chi connectivity index (χ0n) is 10.4. The summed E-state index contributed by atoms with van der Waals surface area (Å²) in [6.45, 7) is 0.328. The Balaban J connectivity index is 2.95. The Morgan fingerprint density at radius 1 is 1.24 bits per heavy atom. The topological polar surface area (TPSA) is 78.4 Å². The highest BCUT2D eigenvalue weighted by Crippen LogP contribution is 2.32. The van der Waals surface area contributed by atoms with Crippen molar-refractivity contribution in [2.45, 2.75) is 18.6 Å². The Hall–Kier alpha value is -1.67. The zero-order valence-corrected chi connectivity index (χ0v) is 11.9. The highest BCUT2D eigenvalue weighted by atomic mass is 35.5. The van der Waals surface area contributed by atoms with Crippen LogP contribution >= 0.6 is 23.2 Å². The van der Waals surface area contributed by atoms with Crippen LogP contribution in [0.25, 0.3) is 0 Å². The zero-order chi connectivity index (χ0) is 16.4. The molecule has 0 spiro atoms. The summed E-state index contributed by atoms with van der Waals surface area (Å²) in [5.74, 6) is -2.25. The molecule has 116 valence electrons. The van der Waals surface area contributed by atoms with Gasteiger partial charge in [0.2, 0.25) is 5.54 Å². The molecule has 0 aliphatic carbocycles. The van der Waals surface area contributed by atoms with Crippen molar-refractivity contribution in [3.05, 3.63) is 28.2 Å². The lowest BCUT2D eigenvalue weighted by molar-refractivity contribution is -0.203. The third-order valence-corrected chi connectivity index (χ3v) is 3.38. The molecule has 10 heteroatoms. The summed E-state index contributed by atoms with van der Waals surface area (Å²) in [7, 11) is 0. The summed E-state index contributed by atoms with van der Waals surface area (Å²) >= 11 is 11.4. The van der Waals surface area contributed by atoms with E-state index in [4.69, 9.17) is 28.3 Å². The molecule has 0 aliphatic heterocycles. The van der Waals surface area contributed by atoms with Gasteiger partial charge in [0, 0.05) is 0 Å². The Bertz CT molecular complexity index is 580. The number of aliphatic carboxylic acids is 1. The van der Waals surface area contributed by atoms with E-state index in [-0.39, 0.29) is 15.7 Å². The van der Waals surface area contributed by atoms with Gasteiger partial charge >= 0.3 is 18.2 Å². The largest absolute Gasteiger partial charge is 0.479 e. The monoisotopic (exact) mass is 344 g/mol. The van der Waals surface area contributed by atoms with Gasteiger partial charge in [-0.05, 0) is 19.1 Å². The molecule has 1 rings (SSSR count). The molecule has 0 aliphatic rings. The standard InChI is InChI=1S/C11H9Cl2F3N2O3/c1-10(8(19)20,11(14,15)16)18-9(21)17-6-4-2-3-5(12)7(6)13/h2-4H,1H3,(H,19,20)(H2,17,18,21). The van der Waals surface area contributed by atoms with Gasteiger partial charge in [-0.25, -0.2) is 9.59 Å². The first-order valence-corrected chi connectivity index (χ1v) is 6.08. The van der Waals surface area contributed by atoms with Crippen LogP contribution in [0.5, 0.6) is 0 Å². The van der Waals surface area contributed by atoms with E-state index in [1.165, 1.54) is 23.5 Å². The van der Waals surface area contributed by atoms with Crippen LogP contribution < -0.4 is 10.6 Å². The van der Waals surface area contributed by atoms with Crippen molar-refractivity contribution in [2.24, 2.45) is 0 Å².